The van der Waals surface area contributed by atoms with E-state index in [4.69, 9.17) is 16.6 Å². The molecule has 1 atom stereocenters. The fourth-order valence-corrected chi connectivity index (χ4v) is 4.32. The number of halogens is 1. The first-order valence-electron chi connectivity index (χ1n) is 10.2. The number of rotatable bonds is 8. The van der Waals surface area contributed by atoms with E-state index >= 15 is 0 Å². The van der Waals surface area contributed by atoms with Crippen molar-refractivity contribution in [1.29, 1.82) is 0 Å². The number of fused-ring (bicyclic) bond motifs is 1. The van der Waals surface area contributed by atoms with Gasteiger partial charge in [0, 0.05) is 10.6 Å². The van der Waals surface area contributed by atoms with Crippen LogP contribution >= 0.6 is 23.4 Å². The van der Waals surface area contributed by atoms with E-state index in [0.717, 1.165) is 39.6 Å². The molecule has 3 aromatic carbocycles. The number of hydrogen-bond acceptors (Lipinski definition) is 3. The van der Waals surface area contributed by atoms with E-state index in [1.54, 1.807) is 11.8 Å². The van der Waals surface area contributed by atoms with Crippen LogP contribution in [0.15, 0.2) is 78.9 Å². The lowest BCUT2D eigenvalue weighted by atomic mass is 10.1. The Balaban J connectivity index is 1.75. The highest BCUT2D eigenvalue weighted by molar-refractivity contribution is 7.98. The summed E-state index contributed by atoms with van der Waals surface area (Å²) >= 11 is 8.22. The van der Waals surface area contributed by atoms with E-state index < -0.39 is 0 Å². The summed E-state index contributed by atoms with van der Waals surface area (Å²) in [6.45, 7) is 0.590. The minimum atomic E-state index is -0.213. The number of hydrogen-bond donors (Lipinski definition) is 1. The SMILES string of the molecule is CSCCC(NC(=O)c1ccccc1)c1nc2ccccc2n1Cc1ccccc1Cl. The van der Waals surface area contributed by atoms with Gasteiger partial charge >= 0.3 is 0 Å². The van der Waals surface area contributed by atoms with E-state index in [9.17, 15) is 4.79 Å². The number of benzene rings is 3. The van der Waals surface area contributed by atoms with Gasteiger partial charge in [-0.25, -0.2) is 4.98 Å². The third-order valence-electron chi connectivity index (χ3n) is 5.23. The quantitative estimate of drug-likeness (QED) is 0.361. The van der Waals surface area contributed by atoms with Crippen LogP contribution in [-0.4, -0.2) is 27.5 Å². The van der Waals surface area contributed by atoms with Crippen molar-refractivity contribution in [2.24, 2.45) is 0 Å². The Morgan fingerprint density at radius 2 is 1.74 bits per heavy atom. The molecule has 1 aromatic heterocycles. The van der Waals surface area contributed by atoms with Crippen molar-refractivity contribution in [3.05, 3.63) is 101 Å². The van der Waals surface area contributed by atoms with E-state index in [1.807, 2.05) is 72.8 Å². The second kappa shape index (κ2) is 10.0. The van der Waals surface area contributed by atoms with Gasteiger partial charge in [-0.2, -0.15) is 11.8 Å². The predicted octanol–water partition coefficient (Wildman–Crippen LogP) is 5.96. The molecule has 0 saturated heterocycles. The molecule has 0 aliphatic heterocycles. The zero-order chi connectivity index (χ0) is 21.6. The van der Waals surface area contributed by atoms with Crippen LogP contribution < -0.4 is 5.32 Å². The van der Waals surface area contributed by atoms with Gasteiger partial charge in [0.25, 0.3) is 5.91 Å². The first-order valence-corrected chi connectivity index (χ1v) is 12.0. The molecule has 4 rings (SSSR count). The average molecular weight is 450 g/mol. The van der Waals surface area contributed by atoms with E-state index in [0.29, 0.717) is 12.1 Å². The molecule has 4 aromatic rings. The second-order valence-electron chi connectivity index (χ2n) is 7.31. The third kappa shape index (κ3) is 4.94. The lowest BCUT2D eigenvalue weighted by Crippen LogP contribution is -2.31. The Morgan fingerprint density at radius 1 is 1.03 bits per heavy atom. The Kier molecular flexibility index (Phi) is 6.95. The topological polar surface area (TPSA) is 46.9 Å². The Morgan fingerprint density at radius 3 is 2.52 bits per heavy atom. The van der Waals surface area contributed by atoms with E-state index in [1.165, 1.54) is 0 Å². The molecule has 1 N–H and O–H groups in total. The molecule has 158 valence electrons. The molecule has 1 heterocycles. The first kappa shape index (κ1) is 21.5. The second-order valence-corrected chi connectivity index (χ2v) is 8.70. The normalized spacial score (nSPS) is 12.1. The average Bonchev–Trinajstić information content (AvgIpc) is 3.17. The van der Waals surface area contributed by atoms with E-state index in [2.05, 4.69) is 22.2 Å². The molecule has 0 radical (unpaired) electrons. The molecule has 31 heavy (non-hydrogen) atoms. The molecule has 0 saturated carbocycles. The molecule has 1 unspecified atom stereocenters. The molecule has 0 spiro atoms. The summed E-state index contributed by atoms with van der Waals surface area (Å²) in [7, 11) is 0. The lowest BCUT2D eigenvalue weighted by Gasteiger charge is -2.20. The lowest BCUT2D eigenvalue weighted by molar-refractivity contribution is 0.0933. The fourth-order valence-electron chi connectivity index (χ4n) is 3.66. The van der Waals surface area contributed by atoms with Gasteiger partial charge in [0.1, 0.15) is 5.82 Å². The first-order chi connectivity index (χ1) is 15.2. The van der Waals surface area contributed by atoms with Gasteiger partial charge in [0.05, 0.1) is 23.6 Å². The van der Waals surface area contributed by atoms with Crippen molar-refractivity contribution >= 4 is 40.3 Å². The molecule has 6 heteroatoms. The maximum atomic E-state index is 13.0. The largest absolute Gasteiger partial charge is 0.342 e. The summed E-state index contributed by atoms with van der Waals surface area (Å²) in [5.74, 6) is 1.66. The number of thioether (sulfide) groups is 1. The van der Waals surface area contributed by atoms with Crippen molar-refractivity contribution < 1.29 is 4.79 Å². The smallest absolute Gasteiger partial charge is 0.251 e. The minimum Gasteiger partial charge on any atom is -0.342 e. The van der Waals surface area contributed by atoms with Crippen molar-refractivity contribution in [3.63, 3.8) is 0 Å². The predicted molar refractivity (Wildman–Crippen MR) is 130 cm³/mol. The number of carbonyl (C=O) groups is 1. The molecular weight excluding hydrogens is 426 g/mol. The minimum absolute atomic E-state index is 0.0944. The van der Waals surface area contributed by atoms with Crippen molar-refractivity contribution in [3.8, 4) is 0 Å². The van der Waals surface area contributed by atoms with Crippen LogP contribution in [0.25, 0.3) is 11.0 Å². The summed E-state index contributed by atoms with van der Waals surface area (Å²) in [4.78, 5) is 17.9. The van der Waals surface area contributed by atoms with Crippen molar-refractivity contribution in [2.45, 2.75) is 19.0 Å². The van der Waals surface area contributed by atoms with Gasteiger partial charge in [-0.15, -0.1) is 0 Å². The number of para-hydroxylation sites is 2. The fraction of sp³-hybridized carbons (Fsp3) is 0.200. The highest BCUT2D eigenvalue weighted by atomic mass is 35.5. The van der Waals surface area contributed by atoms with Gasteiger partial charge in [-0.3, -0.25) is 4.79 Å². The highest BCUT2D eigenvalue weighted by Gasteiger charge is 2.23. The third-order valence-corrected chi connectivity index (χ3v) is 6.25. The number of nitrogens with zero attached hydrogens (tertiary/aromatic N) is 2. The highest BCUT2D eigenvalue weighted by Crippen LogP contribution is 2.27. The number of aromatic nitrogens is 2. The van der Waals surface area contributed by atoms with Crippen LogP contribution in [0.3, 0.4) is 0 Å². The molecule has 4 nitrogen and oxygen atoms in total. The number of imidazole rings is 1. The summed E-state index contributed by atoms with van der Waals surface area (Å²) in [5, 5.41) is 3.94. The zero-order valence-corrected chi connectivity index (χ0v) is 18.9. The van der Waals surface area contributed by atoms with Gasteiger partial charge < -0.3 is 9.88 Å². The number of amides is 1. The van der Waals surface area contributed by atoms with E-state index in [-0.39, 0.29) is 11.9 Å². The van der Waals surface area contributed by atoms with Gasteiger partial charge in [-0.05, 0) is 54.3 Å². The number of carbonyl (C=O) groups excluding carboxylic acids is 1. The van der Waals surface area contributed by atoms with Crippen LogP contribution in [0, 0.1) is 0 Å². The van der Waals surface area contributed by atoms with Gasteiger partial charge in [-0.1, -0.05) is 60.1 Å². The van der Waals surface area contributed by atoms with Crippen LogP contribution in [-0.2, 0) is 6.54 Å². The standard InChI is InChI=1S/C25H24ClN3OS/c1-31-16-15-22(28-25(30)18-9-3-2-4-10-18)24-27-21-13-7-8-14-23(21)29(24)17-19-11-5-6-12-20(19)26/h2-14,22H,15-17H2,1H3,(H,28,30). The van der Waals surface area contributed by atoms with Crippen LogP contribution in [0.2, 0.25) is 5.02 Å². The number of nitrogens with one attached hydrogen (secondary N) is 1. The maximum Gasteiger partial charge on any atom is 0.251 e. The van der Waals surface area contributed by atoms with Crippen molar-refractivity contribution in [2.75, 3.05) is 12.0 Å². The van der Waals surface area contributed by atoms with Gasteiger partial charge in [0.2, 0.25) is 0 Å². The maximum absolute atomic E-state index is 13.0. The van der Waals surface area contributed by atoms with Crippen LogP contribution in [0.5, 0.6) is 0 Å². The summed E-state index contributed by atoms with van der Waals surface area (Å²) in [5.41, 5.74) is 3.60. The van der Waals surface area contributed by atoms with Crippen LogP contribution in [0.1, 0.15) is 34.2 Å². The monoisotopic (exact) mass is 449 g/mol. The Bertz CT molecular complexity index is 1180. The van der Waals surface area contributed by atoms with Gasteiger partial charge in [0.15, 0.2) is 0 Å². The Labute approximate surface area is 191 Å². The zero-order valence-electron chi connectivity index (χ0n) is 17.3. The summed E-state index contributed by atoms with van der Waals surface area (Å²) < 4.78 is 2.17. The molecule has 0 aliphatic rings. The molecule has 0 aliphatic carbocycles. The molecule has 1 amide bonds. The molecule has 0 bridgehead atoms. The van der Waals surface area contributed by atoms with Crippen LogP contribution in [0.4, 0.5) is 0 Å². The summed E-state index contributed by atoms with van der Waals surface area (Å²) in [6, 6.07) is 25.0. The molecular formula is C25H24ClN3OS. The Hall–Kier alpha value is -2.76. The molecule has 0 fully saturated rings. The summed E-state index contributed by atoms with van der Waals surface area (Å²) in [6.07, 6.45) is 2.86. The van der Waals surface area contributed by atoms with Crippen molar-refractivity contribution in [1.82, 2.24) is 14.9 Å².